The second-order valence-electron chi connectivity index (χ2n) is 6.89. The van der Waals surface area contributed by atoms with E-state index >= 15 is 0 Å². The van der Waals surface area contributed by atoms with Crippen molar-refractivity contribution in [2.45, 2.75) is 26.0 Å². The second-order valence-corrected chi connectivity index (χ2v) is 6.89. The highest BCUT2D eigenvalue weighted by Gasteiger charge is 2.18. The third-order valence-electron chi connectivity index (χ3n) is 4.07. The van der Waals surface area contributed by atoms with Crippen molar-refractivity contribution >= 4 is 11.0 Å². The molecule has 2 aromatic heterocycles. The van der Waals surface area contributed by atoms with E-state index in [0.717, 1.165) is 16.6 Å². The highest BCUT2D eigenvalue weighted by Crippen LogP contribution is 2.30. The smallest absolute Gasteiger partial charge is 0.262 e. The van der Waals surface area contributed by atoms with Crippen LogP contribution in [0, 0.1) is 0 Å². The van der Waals surface area contributed by atoms with E-state index in [1.54, 1.807) is 25.6 Å². The van der Waals surface area contributed by atoms with Gasteiger partial charge in [0, 0.05) is 5.56 Å². The van der Waals surface area contributed by atoms with Crippen molar-refractivity contribution < 1.29 is 14.4 Å². The van der Waals surface area contributed by atoms with Crippen molar-refractivity contribution in [3.8, 4) is 28.6 Å². The van der Waals surface area contributed by atoms with Crippen molar-refractivity contribution in [2.75, 3.05) is 7.11 Å². The number of hydrogen-bond acceptors (Lipinski definition) is 7. The quantitative estimate of drug-likeness (QED) is 0.580. The van der Waals surface area contributed by atoms with Gasteiger partial charge in [-0.15, -0.1) is 5.10 Å². The van der Waals surface area contributed by atoms with E-state index in [9.17, 15) is 5.11 Å². The molecule has 0 atom stereocenters. The van der Waals surface area contributed by atoms with Crippen LogP contribution in [0.4, 0.5) is 0 Å². The Labute approximate surface area is 155 Å². The van der Waals surface area contributed by atoms with Gasteiger partial charge in [-0.3, -0.25) is 0 Å². The molecule has 138 valence electrons. The summed E-state index contributed by atoms with van der Waals surface area (Å²) >= 11 is 0. The summed E-state index contributed by atoms with van der Waals surface area (Å²) < 4.78 is 12.4. The standard InChI is InChI=1S/C19H19N5O3/c1-19(2,25)11-24-15-9-8-12(10-14(15)21-23-24)17-20-18(27-22-17)13-6-4-5-7-16(13)26-3/h4-10,25H,11H2,1-3H3. The van der Waals surface area contributed by atoms with Crippen LogP contribution in [-0.2, 0) is 6.54 Å². The van der Waals surface area contributed by atoms with E-state index in [0.29, 0.717) is 29.5 Å². The van der Waals surface area contributed by atoms with Crippen molar-refractivity contribution in [3.63, 3.8) is 0 Å². The van der Waals surface area contributed by atoms with Gasteiger partial charge >= 0.3 is 0 Å². The van der Waals surface area contributed by atoms with E-state index in [2.05, 4.69) is 20.5 Å². The summed E-state index contributed by atoms with van der Waals surface area (Å²) in [6, 6.07) is 13.1. The summed E-state index contributed by atoms with van der Waals surface area (Å²) in [6.45, 7) is 3.81. The van der Waals surface area contributed by atoms with E-state index in [1.165, 1.54) is 0 Å². The van der Waals surface area contributed by atoms with Crippen LogP contribution in [0.15, 0.2) is 47.0 Å². The highest BCUT2D eigenvalue weighted by atomic mass is 16.5. The molecule has 1 N–H and O–H groups in total. The first-order chi connectivity index (χ1) is 12.9. The lowest BCUT2D eigenvalue weighted by Crippen LogP contribution is -2.26. The fourth-order valence-electron chi connectivity index (χ4n) is 2.87. The first-order valence-corrected chi connectivity index (χ1v) is 8.48. The Morgan fingerprint density at radius 2 is 2.00 bits per heavy atom. The Morgan fingerprint density at radius 3 is 2.78 bits per heavy atom. The Bertz CT molecular complexity index is 1090. The molecule has 0 spiro atoms. The number of ether oxygens (including phenoxy) is 1. The number of hydrogen-bond donors (Lipinski definition) is 1. The van der Waals surface area contributed by atoms with Crippen LogP contribution in [0.25, 0.3) is 33.9 Å². The molecule has 8 nitrogen and oxygen atoms in total. The van der Waals surface area contributed by atoms with Crippen LogP contribution in [-0.4, -0.2) is 43.0 Å². The molecule has 0 aliphatic rings. The SMILES string of the molecule is COc1ccccc1-c1nc(-c2ccc3c(c2)nnn3CC(C)(C)O)no1. The summed E-state index contributed by atoms with van der Waals surface area (Å²) in [5, 5.41) is 22.4. The largest absolute Gasteiger partial charge is 0.496 e. The first kappa shape index (κ1) is 17.2. The zero-order valence-corrected chi connectivity index (χ0v) is 15.2. The first-order valence-electron chi connectivity index (χ1n) is 8.48. The monoisotopic (exact) mass is 365 g/mol. The molecule has 4 rings (SSSR count). The summed E-state index contributed by atoms with van der Waals surface area (Å²) in [7, 11) is 1.60. The van der Waals surface area contributed by atoms with Gasteiger partial charge < -0.3 is 14.4 Å². The van der Waals surface area contributed by atoms with Gasteiger partial charge in [-0.25, -0.2) is 4.68 Å². The van der Waals surface area contributed by atoms with E-state index in [4.69, 9.17) is 9.26 Å². The number of nitrogens with zero attached hydrogens (tertiary/aromatic N) is 5. The number of rotatable bonds is 5. The van der Waals surface area contributed by atoms with Crippen molar-refractivity contribution in [1.82, 2.24) is 25.1 Å². The molecule has 8 heteroatoms. The van der Waals surface area contributed by atoms with Gasteiger partial charge in [-0.05, 0) is 44.2 Å². The van der Waals surface area contributed by atoms with Gasteiger partial charge in [-0.2, -0.15) is 4.98 Å². The summed E-state index contributed by atoms with van der Waals surface area (Å²) in [5.41, 5.74) is 2.14. The van der Waals surface area contributed by atoms with E-state index in [-0.39, 0.29) is 0 Å². The molecule has 0 amide bonds. The molecule has 0 saturated carbocycles. The molecule has 2 aromatic carbocycles. The minimum atomic E-state index is -0.878. The summed E-state index contributed by atoms with van der Waals surface area (Å²) in [5.74, 6) is 1.50. The molecule has 27 heavy (non-hydrogen) atoms. The van der Waals surface area contributed by atoms with Gasteiger partial charge in [0.25, 0.3) is 5.89 Å². The molecule has 0 bridgehead atoms. The molecule has 0 unspecified atom stereocenters. The minimum Gasteiger partial charge on any atom is -0.496 e. The number of benzene rings is 2. The Kier molecular flexibility index (Phi) is 4.12. The molecular formula is C19H19N5O3. The Morgan fingerprint density at radius 1 is 1.19 bits per heavy atom. The maximum Gasteiger partial charge on any atom is 0.262 e. The van der Waals surface area contributed by atoms with Gasteiger partial charge in [0.2, 0.25) is 5.82 Å². The fraction of sp³-hybridized carbons (Fsp3) is 0.263. The molecule has 0 aliphatic carbocycles. The maximum atomic E-state index is 10.0. The third kappa shape index (κ3) is 3.39. The van der Waals surface area contributed by atoms with Crippen LogP contribution in [0.5, 0.6) is 5.75 Å². The van der Waals surface area contributed by atoms with Gasteiger partial charge in [0.15, 0.2) is 0 Å². The second kappa shape index (κ2) is 6.48. The van der Waals surface area contributed by atoms with Crippen molar-refractivity contribution in [2.24, 2.45) is 0 Å². The Hall–Kier alpha value is -3.26. The average molecular weight is 365 g/mol. The van der Waals surface area contributed by atoms with Crippen LogP contribution in [0.3, 0.4) is 0 Å². The van der Waals surface area contributed by atoms with Crippen LogP contribution in [0.2, 0.25) is 0 Å². The van der Waals surface area contributed by atoms with Crippen LogP contribution < -0.4 is 4.74 Å². The highest BCUT2D eigenvalue weighted by molar-refractivity contribution is 5.80. The number of fused-ring (bicyclic) bond motifs is 1. The predicted molar refractivity (Wildman–Crippen MR) is 99.1 cm³/mol. The van der Waals surface area contributed by atoms with Gasteiger partial charge in [-0.1, -0.05) is 22.5 Å². The average Bonchev–Trinajstić information content (AvgIpc) is 3.28. The fourth-order valence-corrected chi connectivity index (χ4v) is 2.87. The molecule has 0 fully saturated rings. The molecule has 0 saturated heterocycles. The van der Waals surface area contributed by atoms with E-state index < -0.39 is 5.60 Å². The van der Waals surface area contributed by atoms with Crippen LogP contribution >= 0.6 is 0 Å². The molecule has 2 heterocycles. The number of methoxy groups -OCH3 is 1. The van der Waals surface area contributed by atoms with Crippen LogP contribution in [0.1, 0.15) is 13.8 Å². The molecule has 0 aliphatic heterocycles. The molecular weight excluding hydrogens is 346 g/mol. The van der Waals surface area contributed by atoms with Gasteiger partial charge in [0.05, 0.1) is 30.3 Å². The lowest BCUT2D eigenvalue weighted by atomic mass is 10.1. The molecule has 4 aromatic rings. The third-order valence-corrected chi connectivity index (χ3v) is 4.07. The van der Waals surface area contributed by atoms with Crippen molar-refractivity contribution in [1.29, 1.82) is 0 Å². The lowest BCUT2D eigenvalue weighted by Gasteiger charge is -2.16. The topological polar surface area (TPSA) is 99.1 Å². The molecule has 0 radical (unpaired) electrons. The lowest BCUT2D eigenvalue weighted by molar-refractivity contribution is 0.0585. The number of aliphatic hydroxyl groups is 1. The number of aromatic nitrogens is 5. The Balaban J connectivity index is 1.68. The zero-order valence-electron chi connectivity index (χ0n) is 15.2. The number of para-hydroxylation sites is 1. The maximum absolute atomic E-state index is 10.0. The minimum absolute atomic E-state index is 0.350. The van der Waals surface area contributed by atoms with Crippen molar-refractivity contribution in [3.05, 3.63) is 42.5 Å². The van der Waals surface area contributed by atoms with Gasteiger partial charge in [0.1, 0.15) is 11.3 Å². The summed E-state index contributed by atoms with van der Waals surface area (Å²) in [4.78, 5) is 4.48. The van der Waals surface area contributed by atoms with E-state index in [1.807, 2.05) is 42.5 Å². The predicted octanol–water partition coefficient (Wildman–Crippen LogP) is 2.93. The summed E-state index contributed by atoms with van der Waals surface area (Å²) in [6.07, 6.45) is 0. The zero-order chi connectivity index (χ0) is 19.0. The normalized spacial score (nSPS) is 11.9.